The summed E-state index contributed by atoms with van der Waals surface area (Å²) in [6.07, 6.45) is 2.09. The second kappa shape index (κ2) is 18.5. The Labute approximate surface area is 311 Å². The number of amides is 1. The van der Waals surface area contributed by atoms with E-state index in [0.717, 1.165) is 10.5 Å². The molecule has 1 aromatic rings. The third-order valence-corrected chi connectivity index (χ3v) is 11.6. The number of esters is 1. The highest BCUT2D eigenvalue weighted by Gasteiger charge is 2.56. The van der Waals surface area contributed by atoms with Crippen LogP contribution in [0.25, 0.3) is 6.08 Å². The van der Waals surface area contributed by atoms with Crippen LogP contribution in [0.4, 0.5) is 0 Å². The van der Waals surface area contributed by atoms with Gasteiger partial charge in [0.15, 0.2) is 5.78 Å². The topological polar surface area (TPSA) is 175 Å². The summed E-state index contributed by atoms with van der Waals surface area (Å²) in [5.41, 5.74) is 8.58. The van der Waals surface area contributed by atoms with Gasteiger partial charge in [-0.25, -0.2) is 4.79 Å². The summed E-state index contributed by atoms with van der Waals surface area (Å²) in [4.78, 5) is 56.9. The Morgan fingerprint density at radius 2 is 1.79 bits per heavy atom. The number of ether oxygens (including phenoxy) is 4. The number of cyclic esters (lactones) is 1. The SMILES string of the molecule is CC/C1=C\C(C)CC(C)CC(OC)C2OC(O)(C(=O)C(=O)N3CCCCC3C(=O)OC(C(C)=Cc3ccsc3)C(N)C(O)CC1=O)C(C)CC2OC. The van der Waals surface area contributed by atoms with E-state index >= 15 is 0 Å². The molecule has 2 fully saturated rings. The number of fused-ring (bicyclic) bond motifs is 3. The molecule has 3 aliphatic heterocycles. The zero-order valence-electron chi connectivity index (χ0n) is 31.6. The fourth-order valence-corrected chi connectivity index (χ4v) is 8.54. The van der Waals surface area contributed by atoms with E-state index in [1.807, 2.05) is 36.7 Å². The Kier molecular flexibility index (Phi) is 14.9. The maximum atomic E-state index is 14.1. The molecule has 0 aromatic carbocycles. The monoisotopic (exact) mass is 746 g/mol. The predicted molar refractivity (Wildman–Crippen MR) is 197 cm³/mol. The average molecular weight is 747 g/mol. The number of nitrogens with two attached hydrogens (primary N) is 1. The van der Waals surface area contributed by atoms with Crippen molar-refractivity contribution >= 4 is 40.9 Å². The Bertz CT molecular complexity index is 1460. The molecular weight excluding hydrogens is 689 g/mol. The Balaban J connectivity index is 1.78. The summed E-state index contributed by atoms with van der Waals surface area (Å²) < 4.78 is 23.9. The van der Waals surface area contributed by atoms with Gasteiger partial charge in [-0.3, -0.25) is 14.4 Å². The van der Waals surface area contributed by atoms with Gasteiger partial charge in [0.05, 0.1) is 24.4 Å². The van der Waals surface area contributed by atoms with Gasteiger partial charge in [0.1, 0.15) is 18.2 Å². The van der Waals surface area contributed by atoms with Crippen molar-refractivity contribution in [3.63, 3.8) is 0 Å². The highest BCUT2D eigenvalue weighted by molar-refractivity contribution is 7.08. The molecule has 4 heterocycles. The standard InChI is InChI=1S/C39H58N2O10S/c1-8-27-16-22(2)15-23(3)17-31(48-6)35-32(49-7)19-25(5)39(47,51-35)36(44)37(45)41-13-10-9-11-28(41)38(46)50-34(33(40)30(43)20-29(27)42)24(4)18-26-12-14-52-21-26/h12,14,16,18,21-23,25,28,30-35,43,47H,8-11,13,15,17,19-20,40H2,1-7H3/b24-18?,27-16+. The first-order chi connectivity index (χ1) is 24.6. The third-order valence-electron chi connectivity index (χ3n) is 10.9. The highest BCUT2D eigenvalue weighted by Crippen LogP contribution is 2.39. The second-order valence-corrected chi connectivity index (χ2v) is 15.8. The Hall–Kier alpha value is -2.78. The minimum absolute atomic E-state index is 0.0186. The van der Waals surface area contributed by atoms with Crippen LogP contribution >= 0.6 is 11.3 Å². The Morgan fingerprint density at radius 1 is 1.10 bits per heavy atom. The minimum atomic E-state index is -2.50. The van der Waals surface area contributed by atoms with Gasteiger partial charge in [0, 0.05) is 33.1 Å². The van der Waals surface area contributed by atoms with Gasteiger partial charge < -0.3 is 39.8 Å². The average Bonchev–Trinajstić information content (AvgIpc) is 3.64. The molecule has 2 saturated heterocycles. The molecule has 1 aromatic heterocycles. The van der Waals surface area contributed by atoms with Crippen molar-refractivity contribution in [2.24, 2.45) is 23.5 Å². The van der Waals surface area contributed by atoms with Gasteiger partial charge in [-0.1, -0.05) is 39.8 Å². The summed E-state index contributed by atoms with van der Waals surface area (Å²) in [6, 6.07) is -0.456. The molecule has 1 amide bonds. The lowest BCUT2D eigenvalue weighted by molar-refractivity contribution is -0.302. The van der Waals surface area contributed by atoms with Crippen LogP contribution in [-0.2, 0) is 38.1 Å². The van der Waals surface area contributed by atoms with Gasteiger partial charge in [0.2, 0.25) is 5.79 Å². The van der Waals surface area contributed by atoms with E-state index in [0.29, 0.717) is 43.3 Å². The number of rotatable bonds is 5. The third kappa shape index (κ3) is 9.65. The summed E-state index contributed by atoms with van der Waals surface area (Å²) in [5, 5.41) is 27.1. The van der Waals surface area contributed by atoms with E-state index in [2.05, 4.69) is 6.92 Å². The van der Waals surface area contributed by atoms with Crippen LogP contribution in [-0.4, -0.2) is 108 Å². The Morgan fingerprint density at radius 3 is 2.42 bits per heavy atom. The zero-order chi connectivity index (χ0) is 38.3. The number of carbonyl (C=O) groups is 4. The first-order valence-electron chi connectivity index (χ1n) is 18.5. The van der Waals surface area contributed by atoms with Gasteiger partial charge in [-0.2, -0.15) is 11.3 Å². The zero-order valence-corrected chi connectivity index (χ0v) is 32.4. The smallest absolute Gasteiger partial charge is 0.329 e. The molecule has 3 aliphatic rings. The van der Waals surface area contributed by atoms with E-state index in [-0.39, 0.29) is 43.4 Å². The first-order valence-corrected chi connectivity index (χ1v) is 19.5. The normalized spacial score (nSPS) is 37.8. The molecule has 0 aliphatic carbocycles. The number of allylic oxidation sites excluding steroid dienone is 2. The number of methoxy groups -OCH3 is 2. The molecule has 0 radical (unpaired) electrons. The van der Waals surface area contributed by atoms with Crippen LogP contribution in [0.3, 0.4) is 0 Å². The molecule has 13 heteroatoms. The summed E-state index contributed by atoms with van der Waals surface area (Å²) in [5.74, 6) is -6.55. The minimum Gasteiger partial charge on any atom is -0.455 e. The first kappa shape index (κ1) is 42.0. The second-order valence-electron chi connectivity index (χ2n) is 15.0. The van der Waals surface area contributed by atoms with E-state index in [4.69, 9.17) is 24.7 Å². The molecular formula is C39H58N2O10S. The van der Waals surface area contributed by atoms with Crippen LogP contribution in [0.1, 0.15) is 91.5 Å². The number of hydrogen-bond acceptors (Lipinski definition) is 12. The molecule has 4 N–H and O–H groups in total. The number of Topliss-reactive ketones (excluding diaryl/α,β-unsaturated/α-hetero) is 2. The fraction of sp³-hybridized carbons (Fsp3) is 0.692. The van der Waals surface area contributed by atoms with Gasteiger partial charge >= 0.3 is 5.97 Å². The summed E-state index contributed by atoms with van der Waals surface area (Å²) >= 11 is 1.49. The molecule has 0 spiro atoms. The largest absolute Gasteiger partial charge is 0.455 e. The fourth-order valence-electron chi connectivity index (χ4n) is 7.92. The highest BCUT2D eigenvalue weighted by atomic mass is 32.1. The maximum absolute atomic E-state index is 14.1. The number of piperidine rings is 1. The van der Waals surface area contributed by atoms with Crippen molar-refractivity contribution in [2.75, 3.05) is 20.8 Å². The quantitative estimate of drug-likeness (QED) is 0.291. The predicted octanol–water partition coefficient (Wildman–Crippen LogP) is 4.21. The molecule has 0 saturated carbocycles. The number of nitrogens with zero attached hydrogens (tertiary/aromatic N) is 1. The van der Waals surface area contributed by atoms with Crippen LogP contribution in [0.5, 0.6) is 0 Å². The molecule has 52 heavy (non-hydrogen) atoms. The molecule has 290 valence electrons. The van der Waals surface area contributed by atoms with Gasteiger partial charge in [-0.05, 0) is 97.2 Å². The van der Waals surface area contributed by atoms with Gasteiger partial charge in [-0.15, -0.1) is 0 Å². The van der Waals surface area contributed by atoms with Crippen molar-refractivity contribution in [1.82, 2.24) is 4.90 Å². The van der Waals surface area contributed by atoms with Crippen molar-refractivity contribution in [3.8, 4) is 0 Å². The van der Waals surface area contributed by atoms with Crippen LogP contribution in [0.15, 0.2) is 34.0 Å². The van der Waals surface area contributed by atoms with Crippen LogP contribution in [0, 0.1) is 17.8 Å². The molecule has 4 rings (SSSR count). The van der Waals surface area contributed by atoms with Crippen molar-refractivity contribution in [1.29, 1.82) is 0 Å². The lowest BCUT2D eigenvalue weighted by Gasteiger charge is -2.47. The number of carbonyl (C=O) groups excluding carboxylic acids is 4. The van der Waals surface area contributed by atoms with E-state index < -0.39 is 72.0 Å². The van der Waals surface area contributed by atoms with E-state index in [1.165, 1.54) is 25.6 Å². The number of aliphatic hydroxyl groups excluding tert-OH is 1. The maximum Gasteiger partial charge on any atom is 0.329 e. The van der Waals surface area contributed by atoms with Crippen molar-refractivity contribution in [3.05, 3.63) is 39.6 Å². The summed E-state index contributed by atoms with van der Waals surface area (Å²) in [6.45, 7) is 9.39. The van der Waals surface area contributed by atoms with Crippen LogP contribution in [0.2, 0.25) is 0 Å². The van der Waals surface area contributed by atoms with Crippen molar-refractivity contribution < 1.29 is 48.3 Å². The number of thiophene rings is 1. The van der Waals surface area contributed by atoms with Crippen molar-refractivity contribution in [2.45, 2.75) is 134 Å². The van der Waals surface area contributed by atoms with Gasteiger partial charge in [0.25, 0.3) is 11.7 Å². The van der Waals surface area contributed by atoms with Crippen LogP contribution < -0.4 is 5.73 Å². The lowest BCUT2D eigenvalue weighted by Crippen LogP contribution is -2.64. The lowest BCUT2D eigenvalue weighted by atomic mass is 9.81. The number of ketones is 2. The molecule has 12 nitrogen and oxygen atoms in total. The number of hydrogen-bond donors (Lipinski definition) is 3. The number of aliphatic hydroxyl groups is 2. The summed E-state index contributed by atoms with van der Waals surface area (Å²) in [7, 11) is 3.06. The molecule has 2 bridgehead atoms. The molecule has 11 atom stereocenters. The van der Waals surface area contributed by atoms with E-state index in [9.17, 15) is 29.4 Å². The molecule has 11 unspecified atom stereocenters. The van der Waals surface area contributed by atoms with E-state index in [1.54, 1.807) is 19.9 Å².